The summed E-state index contributed by atoms with van der Waals surface area (Å²) in [5, 5.41) is 0.667. The van der Waals surface area contributed by atoms with Gasteiger partial charge in [0.15, 0.2) is 5.78 Å². The Balaban J connectivity index is 2.15. The van der Waals surface area contributed by atoms with Gasteiger partial charge < -0.3 is 9.47 Å². The normalized spacial score (nSPS) is 14.8. The first-order chi connectivity index (χ1) is 9.65. The Labute approximate surface area is 125 Å². The van der Waals surface area contributed by atoms with E-state index in [0.717, 1.165) is 36.1 Å². The summed E-state index contributed by atoms with van der Waals surface area (Å²) >= 11 is 6.12. The third-order valence-corrected chi connectivity index (χ3v) is 3.69. The lowest BCUT2D eigenvalue weighted by Crippen LogP contribution is -2.26. The third kappa shape index (κ3) is 3.53. The van der Waals surface area contributed by atoms with Gasteiger partial charge in [-0.3, -0.25) is 4.79 Å². The van der Waals surface area contributed by atoms with Gasteiger partial charge in [0.25, 0.3) is 0 Å². The van der Waals surface area contributed by atoms with Crippen molar-refractivity contribution < 1.29 is 14.3 Å². The van der Waals surface area contributed by atoms with E-state index in [0.29, 0.717) is 24.7 Å². The van der Waals surface area contributed by atoms with Gasteiger partial charge in [-0.15, -0.1) is 0 Å². The van der Waals surface area contributed by atoms with E-state index in [9.17, 15) is 4.79 Å². The lowest BCUT2D eigenvalue weighted by atomic mass is 9.99. The molecule has 110 valence electrons. The quantitative estimate of drug-likeness (QED) is 0.771. The van der Waals surface area contributed by atoms with E-state index < -0.39 is 0 Å². The Hall–Kier alpha value is -1.06. The summed E-state index contributed by atoms with van der Waals surface area (Å²) in [6.07, 6.45) is 2.56. The molecule has 1 aliphatic rings. The number of carbonyl (C=O) groups is 1. The summed E-state index contributed by atoms with van der Waals surface area (Å²) < 4.78 is 11.2. The van der Waals surface area contributed by atoms with Crippen molar-refractivity contribution in [3.8, 4) is 5.75 Å². The zero-order valence-electron chi connectivity index (χ0n) is 12.1. The third-order valence-electron chi connectivity index (χ3n) is 3.47. The lowest BCUT2D eigenvalue weighted by molar-refractivity contribution is -0.130. The standard InChI is InChI=1S/C16H21ClO3/c1-3-5-15(19-4-2)14(18)10-12-9-13(17)8-11-6-7-20-16(11)12/h8-9,15H,3-7,10H2,1-2H3. The van der Waals surface area contributed by atoms with Crippen molar-refractivity contribution in [3.63, 3.8) is 0 Å². The fraction of sp³-hybridized carbons (Fsp3) is 0.562. The highest BCUT2D eigenvalue weighted by molar-refractivity contribution is 6.30. The highest BCUT2D eigenvalue weighted by Gasteiger charge is 2.23. The van der Waals surface area contributed by atoms with Gasteiger partial charge in [0.1, 0.15) is 11.9 Å². The van der Waals surface area contributed by atoms with Crippen LogP contribution in [0.1, 0.15) is 37.8 Å². The van der Waals surface area contributed by atoms with E-state index in [1.165, 1.54) is 0 Å². The number of halogens is 1. The number of hydrogen-bond donors (Lipinski definition) is 0. The average Bonchev–Trinajstić information content (AvgIpc) is 2.86. The first-order valence-electron chi connectivity index (χ1n) is 7.24. The van der Waals surface area contributed by atoms with Gasteiger partial charge >= 0.3 is 0 Å². The number of carbonyl (C=O) groups excluding carboxylic acids is 1. The van der Waals surface area contributed by atoms with Crippen LogP contribution in [0.3, 0.4) is 0 Å². The molecule has 4 heteroatoms. The number of hydrogen-bond acceptors (Lipinski definition) is 3. The van der Waals surface area contributed by atoms with Crippen LogP contribution in [-0.4, -0.2) is 25.1 Å². The second-order valence-electron chi connectivity index (χ2n) is 5.03. The highest BCUT2D eigenvalue weighted by Crippen LogP contribution is 2.33. The number of ketones is 1. The largest absolute Gasteiger partial charge is 0.493 e. The molecule has 1 aliphatic heterocycles. The molecule has 0 saturated heterocycles. The van der Waals surface area contributed by atoms with Gasteiger partial charge in [-0.25, -0.2) is 0 Å². The fourth-order valence-electron chi connectivity index (χ4n) is 2.58. The summed E-state index contributed by atoms with van der Waals surface area (Å²) in [5.74, 6) is 0.947. The average molecular weight is 297 g/mol. The Kier molecular flexibility index (Phi) is 5.44. The smallest absolute Gasteiger partial charge is 0.166 e. The molecule has 0 bridgehead atoms. The van der Waals surface area contributed by atoms with Crippen molar-refractivity contribution in [2.24, 2.45) is 0 Å². The van der Waals surface area contributed by atoms with Crippen LogP contribution in [0.5, 0.6) is 5.75 Å². The number of Topliss-reactive ketones (excluding diaryl/α,β-unsaturated/α-hetero) is 1. The molecule has 0 amide bonds. The first kappa shape index (κ1) is 15.3. The molecule has 0 spiro atoms. The highest BCUT2D eigenvalue weighted by atomic mass is 35.5. The fourth-order valence-corrected chi connectivity index (χ4v) is 2.84. The van der Waals surface area contributed by atoms with E-state index in [4.69, 9.17) is 21.1 Å². The summed E-state index contributed by atoms with van der Waals surface area (Å²) in [5.41, 5.74) is 1.99. The predicted molar refractivity (Wildman–Crippen MR) is 79.7 cm³/mol. The molecular formula is C16H21ClO3. The minimum Gasteiger partial charge on any atom is -0.493 e. The Morgan fingerprint density at radius 1 is 1.45 bits per heavy atom. The molecule has 0 saturated carbocycles. The van der Waals surface area contributed by atoms with Crippen molar-refractivity contribution >= 4 is 17.4 Å². The molecular weight excluding hydrogens is 276 g/mol. The molecule has 0 N–H and O–H groups in total. The summed E-state index contributed by atoms with van der Waals surface area (Å²) in [6.45, 7) is 5.19. The van der Waals surface area contributed by atoms with E-state index in [1.54, 1.807) is 0 Å². The Bertz CT molecular complexity index is 479. The molecule has 3 nitrogen and oxygen atoms in total. The maximum atomic E-state index is 12.4. The number of benzene rings is 1. The zero-order chi connectivity index (χ0) is 14.5. The van der Waals surface area contributed by atoms with Crippen LogP contribution in [0.25, 0.3) is 0 Å². The molecule has 1 aromatic carbocycles. The molecule has 0 aromatic heterocycles. The van der Waals surface area contributed by atoms with Gasteiger partial charge in [-0.2, -0.15) is 0 Å². The maximum Gasteiger partial charge on any atom is 0.166 e. The van der Waals surface area contributed by atoms with E-state index in [1.807, 2.05) is 19.1 Å². The van der Waals surface area contributed by atoms with Crippen molar-refractivity contribution in [2.75, 3.05) is 13.2 Å². The number of ether oxygens (including phenoxy) is 2. The molecule has 20 heavy (non-hydrogen) atoms. The van der Waals surface area contributed by atoms with Gasteiger partial charge in [-0.05, 0) is 31.0 Å². The van der Waals surface area contributed by atoms with Crippen LogP contribution in [0.15, 0.2) is 12.1 Å². The van der Waals surface area contributed by atoms with Gasteiger partial charge in [0.2, 0.25) is 0 Å². The van der Waals surface area contributed by atoms with Crippen LogP contribution < -0.4 is 4.74 Å². The molecule has 0 fully saturated rings. The van der Waals surface area contributed by atoms with Gasteiger partial charge in [0, 0.05) is 30.0 Å². The van der Waals surface area contributed by atoms with E-state index >= 15 is 0 Å². The second kappa shape index (κ2) is 7.09. The molecule has 1 aromatic rings. The zero-order valence-corrected chi connectivity index (χ0v) is 12.8. The molecule has 0 radical (unpaired) electrons. The van der Waals surface area contributed by atoms with E-state index in [2.05, 4.69) is 6.92 Å². The van der Waals surface area contributed by atoms with Crippen LogP contribution in [-0.2, 0) is 22.4 Å². The van der Waals surface area contributed by atoms with Crippen LogP contribution in [0.4, 0.5) is 0 Å². The number of fused-ring (bicyclic) bond motifs is 1. The van der Waals surface area contributed by atoms with Crippen molar-refractivity contribution in [1.82, 2.24) is 0 Å². The predicted octanol–water partition coefficient (Wildman–Crippen LogP) is 3.59. The van der Waals surface area contributed by atoms with Crippen molar-refractivity contribution in [2.45, 2.75) is 45.6 Å². The molecule has 1 heterocycles. The van der Waals surface area contributed by atoms with Crippen molar-refractivity contribution in [3.05, 3.63) is 28.3 Å². The maximum absolute atomic E-state index is 12.4. The second-order valence-corrected chi connectivity index (χ2v) is 5.46. The SMILES string of the molecule is CCCC(OCC)C(=O)Cc1cc(Cl)cc2c1OCC2. The number of rotatable bonds is 7. The summed E-state index contributed by atoms with van der Waals surface area (Å²) in [7, 11) is 0. The van der Waals surface area contributed by atoms with Crippen LogP contribution in [0, 0.1) is 0 Å². The minimum atomic E-state index is -0.318. The summed E-state index contributed by atoms with van der Waals surface area (Å²) in [4.78, 5) is 12.4. The van der Waals surface area contributed by atoms with Gasteiger partial charge in [0.05, 0.1) is 6.61 Å². The lowest BCUT2D eigenvalue weighted by Gasteiger charge is -2.16. The topological polar surface area (TPSA) is 35.5 Å². The molecule has 1 atom stereocenters. The molecule has 1 unspecified atom stereocenters. The molecule has 0 aliphatic carbocycles. The van der Waals surface area contributed by atoms with Gasteiger partial charge in [-0.1, -0.05) is 24.9 Å². The van der Waals surface area contributed by atoms with Crippen LogP contribution >= 0.6 is 11.6 Å². The first-order valence-corrected chi connectivity index (χ1v) is 7.61. The van der Waals surface area contributed by atoms with Crippen LogP contribution in [0.2, 0.25) is 5.02 Å². The minimum absolute atomic E-state index is 0.105. The summed E-state index contributed by atoms with van der Waals surface area (Å²) in [6, 6.07) is 3.75. The van der Waals surface area contributed by atoms with E-state index in [-0.39, 0.29) is 11.9 Å². The Morgan fingerprint density at radius 3 is 2.95 bits per heavy atom. The van der Waals surface area contributed by atoms with Crippen molar-refractivity contribution in [1.29, 1.82) is 0 Å². The Morgan fingerprint density at radius 2 is 2.25 bits per heavy atom. The monoisotopic (exact) mass is 296 g/mol. The molecule has 2 rings (SSSR count).